The van der Waals surface area contributed by atoms with Crippen molar-refractivity contribution in [1.82, 2.24) is 10.2 Å². The van der Waals surface area contributed by atoms with Gasteiger partial charge in [-0.3, -0.25) is 14.5 Å². The molecular formula is C23H27N3O3. The molecule has 2 aromatic rings. The van der Waals surface area contributed by atoms with Crippen LogP contribution in [0.2, 0.25) is 0 Å². The Morgan fingerprint density at radius 1 is 1.17 bits per heavy atom. The predicted octanol–water partition coefficient (Wildman–Crippen LogP) is 2.97. The van der Waals surface area contributed by atoms with Crippen molar-refractivity contribution in [3.8, 4) is 5.75 Å². The minimum atomic E-state index is -0.0484. The van der Waals surface area contributed by atoms with Crippen LogP contribution >= 0.6 is 0 Å². The summed E-state index contributed by atoms with van der Waals surface area (Å²) in [7, 11) is 1.60. The smallest absolute Gasteiger partial charge is 0.251 e. The second-order valence-corrected chi connectivity index (χ2v) is 7.80. The molecule has 6 nitrogen and oxygen atoms in total. The fourth-order valence-electron chi connectivity index (χ4n) is 4.04. The van der Waals surface area contributed by atoms with Crippen molar-refractivity contribution in [3.63, 3.8) is 0 Å². The second-order valence-electron chi connectivity index (χ2n) is 7.80. The topological polar surface area (TPSA) is 70.7 Å². The maximum absolute atomic E-state index is 12.5. The lowest BCUT2D eigenvalue weighted by Gasteiger charge is -2.32. The van der Waals surface area contributed by atoms with Crippen LogP contribution in [0.15, 0.2) is 42.5 Å². The third-order valence-electron chi connectivity index (χ3n) is 5.73. The van der Waals surface area contributed by atoms with Crippen molar-refractivity contribution in [1.29, 1.82) is 0 Å². The summed E-state index contributed by atoms with van der Waals surface area (Å²) in [5.41, 5.74) is 4.01. The molecule has 1 fully saturated rings. The van der Waals surface area contributed by atoms with Gasteiger partial charge in [0, 0.05) is 43.3 Å². The van der Waals surface area contributed by atoms with Crippen LogP contribution in [0.4, 0.5) is 5.69 Å². The lowest BCUT2D eigenvalue weighted by atomic mass is 9.99. The number of hydrogen-bond acceptors (Lipinski definition) is 4. The summed E-state index contributed by atoms with van der Waals surface area (Å²) >= 11 is 0. The number of nitrogens with zero attached hydrogens (tertiary/aromatic N) is 1. The third kappa shape index (κ3) is 4.77. The Bertz CT molecular complexity index is 904. The summed E-state index contributed by atoms with van der Waals surface area (Å²) in [4.78, 5) is 26.5. The van der Waals surface area contributed by atoms with E-state index in [-0.39, 0.29) is 17.9 Å². The van der Waals surface area contributed by atoms with E-state index >= 15 is 0 Å². The third-order valence-corrected chi connectivity index (χ3v) is 5.73. The highest BCUT2D eigenvalue weighted by Gasteiger charge is 2.22. The number of rotatable bonds is 5. The highest BCUT2D eigenvalue weighted by atomic mass is 16.5. The van der Waals surface area contributed by atoms with E-state index in [1.54, 1.807) is 13.2 Å². The number of nitrogens with one attached hydrogen (secondary N) is 2. The van der Waals surface area contributed by atoms with E-state index in [4.69, 9.17) is 4.74 Å². The Labute approximate surface area is 171 Å². The molecule has 4 rings (SSSR count). The molecule has 0 bridgehead atoms. The Balaban J connectivity index is 1.29. The van der Waals surface area contributed by atoms with Crippen LogP contribution in [0.1, 0.15) is 40.7 Å². The number of methoxy groups -OCH3 is 1. The van der Waals surface area contributed by atoms with E-state index in [0.717, 1.165) is 44.6 Å². The van der Waals surface area contributed by atoms with Gasteiger partial charge in [0.25, 0.3) is 5.91 Å². The van der Waals surface area contributed by atoms with Gasteiger partial charge >= 0.3 is 0 Å². The number of ether oxygens (including phenoxy) is 1. The number of likely N-dealkylation sites (tertiary alicyclic amines) is 1. The van der Waals surface area contributed by atoms with E-state index in [2.05, 4.69) is 33.7 Å². The minimum absolute atomic E-state index is 0.0484. The second kappa shape index (κ2) is 8.66. The van der Waals surface area contributed by atoms with E-state index in [9.17, 15) is 9.59 Å². The average Bonchev–Trinajstić information content (AvgIpc) is 2.75. The van der Waals surface area contributed by atoms with Gasteiger partial charge in [-0.05, 0) is 54.7 Å². The van der Waals surface area contributed by atoms with Gasteiger partial charge in [-0.2, -0.15) is 0 Å². The van der Waals surface area contributed by atoms with E-state index < -0.39 is 0 Å². The molecule has 1 saturated heterocycles. The molecule has 0 unspecified atom stereocenters. The fourth-order valence-corrected chi connectivity index (χ4v) is 4.04. The number of fused-ring (bicyclic) bond motifs is 1. The van der Waals surface area contributed by atoms with Crippen molar-refractivity contribution in [2.24, 2.45) is 0 Å². The van der Waals surface area contributed by atoms with Crippen LogP contribution in [0.5, 0.6) is 5.75 Å². The molecule has 0 spiro atoms. The van der Waals surface area contributed by atoms with Gasteiger partial charge < -0.3 is 15.4 Å². The van der Waals surface area contributed by atoms with Crippen LogP contribution < -0.4 is 15.4 Å². The molecule has 29 heavy (non-hydrogen) atoms. The zero-order valence-electron chi connectivity index (χ0n) is 16.7. The monoisotopic (exact) mass is 393 g/mol. The molecule has 0 atom stereocenters. The molecule has 2 aliphatic heterocycles. The molecular weight excluding hydrogens is 366 g/mol. The lowest BCUT2D eigenvalue weighted by molar-refractivity contribution is -0.116. The number of carbonyl (C=O) groups excluding carboxylic acids is 2. The summed E-state index contributed by atoms with van der Waals surface area (Å²) in [6.07, 6.45) is 3.25. The van der Waals surface area contributed by atoms with Gasteiger partial charge in [0.1, 0.15) is 5.75 Å². The highest BCUT2D eigenvalue weighted by Crippen LogP contribution is 2.25. The first-order valence-corrected chi connectivity index (χ1v) is 10.2. The molecule has 0 radical (unpaired) electrons. The summed E-state index contributed by atoms with van der Waals surface area (Å²) in [5, 5.41) is 6.12. The molecule has 152 valence electrons. The summed E-state index contributed by atoms with van der Waals surface area (Å²) in [5.74, 6) is 0.740. The van der Waals surface area contributed by atoms with Gasteiger partial charge in [-0.25, -0.2) is 0 Å². The number of amides is 2. The Morgan fingerprint density at radius 3 is 2.79 bits per heavy atom. The van der Waals surface area contributed by atoms with Crippen molar-refractivity contribution >= 4 is 17.5 Å². The molecule has 2 heterocycles. The van der Waals surface area contributed by atoms with Gasteiger partial charge in [0.2, 0.25) is 5.91 Å². The normalized spacial score (nSPS) is 17.3. The van der Waals surface area contributed by atoms with Crippen LogP contribution in [-0.4, -0.2) is 43.0 Å². The zero-order chi connectivity index (χ0) is 20.2. The number of aryl methyl sites for hydroxylation is 1. The number of anilines is 1. The number of carbonyl (C=O) groups is 2. The standard InChI is InChI=1S/C23H27N3O3/c1-29-20-4-2-3-18(14-20)23(28)24-19-9-11-26(12-10-19)15-16-5-6-17-7-8-22(27)25-21(17)13-16/h2-6,13-14,19H,7-12,15H2,1H3,(H,24,28)(H,25,27). The van der Waals surface area contributed by atoms with E-state index in [1.165, 1.54) is 11.1 Å². The molecule has 0 saturated carbocycles. The first kappa shape index (κ1) is 19.5. The number of hydrogen-bond donors (Lipinski definition) is 2. The SMILES string of the molecule is COc1cccc(C(=O)NC2CCN(Cc3ccc4c(c3)NC(=O)CC4)CC2)c1. The highest BCUT2D eigenvalue weighted by molar-refractivity contribution is 5.95. The van der Waals surface area contributed by atoms with Gasteiger partial charge in [-0.15, -0.1) is 0 Å². The molecule has 2 aromatic carbocycles. The maximum Gasteiger partial charge on any atom is 0.251 e. The molecule has 2 N–H and O–H groups in total. The molecule has 2 amide bonds. The minimum Gasteiger partial charge on any atom is -0.497 e. The molecule has 2 aliphatic rings. The molecule has 6 heteroatoms. The molecule has 0 aliphatic carbocycles. The Hall–Kier alpha value is -2.86. The Morgan fingerprint density at radius 2 is 2.00 bits per heavy atom. The van der Waals surface area contributed by atoms with Gasteiger partial charge in [-0.1, -0.05) is 18.2 Å². The average molecular weight is 393 g/mol. The van der Waals surface area contributed by atoms with Gasteiger partial charge in [0.05, 0.1) is 7.11 Å². The fraction of sp³-hybridized carbons (Fsp3) is 0.391. The van der Waals surface area contributed by atoms with Crippen molar-refractivity contribution < 1.29 is 14.3 Å². The summed E-state index contributed by atoms with van der Waals surface area (Å²) in [6, 6.07) is 13.8. The Kier molecular flexibility index (Phi) is 5.81. The number of benzene rings is 2. The molecule has 0 aromatic heterocycles. The summed E-state index contributed by atoms with van der Waals surface area (Å²) < 4.78 is 5.20. The first-order chi connectivity index (χ1) is 14.1. The van der Waals surface area contributed by atoms with Crippen LogP contribution in [0, 0.1) is 0 Å². The summed E-state index contributed by atoms with van der Waals surface area (Å²) in [6.45, 7) is 2.73. The van der Waals surface area contributed by atoms with Crippen LogP contribution in [-0.2, 0) is 17.8 Å². The van der Waals surface area contributed by atoms with Crippen molar-refractivity contribution in [3.05, 3.63) is 59.2 Å². The first-order valence-electron chi connectivity index (χ1n) is 10.2. The lowest BCUT2D eigenvalue weighted by Crippen LogP contribution is -2.44. The zero-order valence-corrected chi connectivity index (χ0v) is 16.7. The maximum atomic E-state index is 12.5. The van der Waals surface area contributed by atoms with Gasteiger partial charge in [0.15, 0.2) is 0 Å². The number of piperidine rings is 1. The van der Waals surface area contributed by atoms with E-state index in [0.29, 0.717) is 17.7 Å². The van der Waals surface area contributed by atoms with Crippen LogP contribution in [0.3, 0.4) is 0 Å². The van der Waals surface area contributed by atoms with E-state index in [1.807, 2.05) is 18.2 Å². The predicted molar refractivity (Wildman–Crippen MR) is 112 cm³/mol. The van der Waals surface area contributed by atoms with Crippen LogP contribution in [0.25, 0.3) is 0 Å². The quantitative estimate of drug-likeness (QED) is 0.819. The largest absolute Gasteiger partial charge is 0.497 e. The van der Waals surface area contributed by atoms with Crippen molar-refractivity contribution in [2.75, 3.05) is 25.5 Å². The van der Waals surface area contributed by atoms with Crippen molar-refractivity contribution in [2.45, 2.75) is 38.3 Å².